The van der Waals surface area contributed by atoms with E-state index in [1.54, 1.807) is 0 Å². The Balaban J connectivity index is 1.31. The van der Waals surface area contributed by atoms with Crippen molar-refractivity contribution in [3.63, 3.8) is 0 Å². The average molecular weight is 1610 g/mol. The summed E-state index contributed by atoms with van der Waals surface area (Å²) in [6, 6.07) is 0. The Morgan fingerprint density at radius 2 is 0.397 bits per heavy atom. The molecule has 0 nitrogen and oxygen atoms in total. The van der Waals surface area contributed by atoms with Gasteiger partial charge in [-0.2, -0.15) is 0 Å². The van der Waals surface area contributed by atoms with Gasteiger partial charge in [0.05, 0.1) is 0 Å². The SMILES string of the molecule is CCC1(C)C[C@@](C)(C[C@]2(C)C(C)[C@](C)(C[C@]3(C)C(C)[C@](C)(C[C@]4(C)C(C)[C@@H](C)CC(C)(CC[C@]5(C)CC(C)(CC)C(C)(C)C(C)(C)C5C)C4(C)C)CC(C)(CCC4(C)C[C@](C)(CC)C(C)[C@@H]4C)C3(C)C)CC(C)(CC[C@]3(C)CC(C)(CC[C@]4(C)CC(C)(CC)C(C)(C)C(C)(C)C4C)C(C)(C)C(C)(C)C3C)C2(C)C)C(C)C(C)(C)C1(C)C. The van der Waals surface area contributed by atoms with Gasteiger partial charge >= 0.3 is 0 Å². The second kappa shape index (κ2) is 29.0. The lowest BCUT2D eigenvalue weighted by Gasteiger charge is -2.75. The van der Waals surface area contributed by atoms with Gasteiger partial charge in [-0.05, 0) is 338 Å². The molecule has 682 valence electrons. The van der Waals surface area contributed by atoms with Gasteiger partial charge < -0.3 is 0 Å². The standard InChI is InChI=1S/C116H218/c1-55-99(37)68-100(38,81(8)80(99)7)59-64-112(50)73-105(43,75-114(52)79(6)78(5)67-110(48,96(114,31)32)63-60-101(39)69-107(45,56-2)92(23,24)88(15,16)82(101)9)86(13)116(54,97(112,33)34)77-106(44)74-113(51,98(35,36)115(53,87(106)14)76-104(42)72-109(47,58-4)94(27,28)91(21,22)85(104)12)66-62-103(41)71-111(49,95(29,30)90(19,20)84(103)11)65-61-102(40)70-108(46,57-3)93(25,26)89(17,18)83(102)10/h78-87H,55-77H2,1-54H3/t78-,79?,80?,81-,82?,83?,84?,85?,86?,87?,99-,100?,101+,102+,103+,104-,105-,106-,107?,108?,109?,110?,111?,112?,113?,114+,115+,116+/m0/s1. The molecule has 8 rings (SSSR count). The predicted octanol–water partition coefficient (Wildman–Crippen LogP) is 37.9. The molecule has 0 aromatic rings. The third-order valence-corrected chi connectivity index (χ3v) is 55.4. The summed E-state index contributed by atoms with van der Waals surface area (Å²) in [5.41, 5.74) is 5.37. The van der Waals surface area contributed by atoms with Gasteiger partial charge in [0.25, 0.3) is 0 Å². The van der Waals surface area contributed by atoms with Crippen LogP contribution in [-0.4, -0.2) is 0 Å². The highest BCUT2D eigenvalue weighted by Gasteiger charge is 2.75. The Morgan fingerprint density at radius 3 is 0.690 bits per heavy atom. The van der Waals surface area contributed by atoms with Crippen LogP contribution in [0.5, 0.6) is 0 Å². The minimum atomic E-state index is 0.0299. The van der Waals surface area contributed by atoms with E-state index >= 15 is 0 Å². The first kappa shape index (κ1) is 101. The molecule has 8 saturated carbocycles. The summed E-state index contributed by atoms with van der Waals surface area (Å²) in [7, 11) is 0. The van der Waals surface area contributed by atoms with Crippen LogP contribution in [0, 0.1) is 216 Å². The molecule has 28 atom stereocenters. The van der Waals surface area contributed by atoms with Crippen molar-refractivity contribution in [2.24, 2.45) is 216 Å². The highest BCUT2D eigenvalue weighted by atomic mass is 14.8. The van der Waals surface area contributed by atoms with Gasteiger partial charge in [0.1, 0.15) is 0 Å². The van der Waals surface area contributed by atoms with Crippen LogP contribution in [0.15, 0.2) is 0 Å². The van der Waals surface area contributed by atoms with E-state index in [1.807, 2.05) is 0 Å². The second-order valence-corrected chi connectivity index (χ2v) is 59.7. The van der Waals surface area contributed by atoms with Crippen molar-refractivity contribution in [2.75, 3.05) is 0 Å². The van der Waals surface area contributed by atoms with Gasteiger partial charge in [0, 0.05) is 0 Å². The Labute approximate surface area is 733 Å². The number of rotatable bonds is 22. The van der Waals surface area contributed by atoms with Crippen molar-refractivity contribution in [1.82, 2.24) is 0 Å². The molecule has 8 fully saturated rings. The fraction of sp³-hybridized carbons (Fsp3) is 1.00. The zero-order valence-electron chi connectivity index (χ0n) is 90.5. The molecule has 0 aliphatic heterocycles. The first-order valence-electron chi connectivity index (χ1n) is 51.2. The van der Waals surface area contributed by atoms with Crippen LogP contribution in [0.3, 0.4) is 0 Å². The van der Waals surface area contributed by atoms with E-state index in [2.05, 4.69) is 374 Å². The largest absolute Gasteiger partial charge is 0.0649 e. The quantitative estimate of drug-likeness (QED) is 0.101. The summed E-state index contributed by atoms with van der Waals surface area (Å²) in [5.74, 6) is 6.23. The lowest BCUT2D eigenvalue weighted by Crippen LogP contribution is -2.67. The van der Waals surface area contributed by atoms with Crippen LogP contribution < -0.4 is 0 Å². The number of hydrogen-bond donors (Lipinski definition) is 0. The highest BCUT2D eigenvalue weighted by molar-refractivity contribution is 5.24. The monoisotopic (exact) mass is 1610 g/mol. The molecule has 0 radical (unpaired) electrons. The lowest BCUT2D eigenvalue weighted by atomic mass is 9.30. The van der Waals surface area contributed by atoms with Gasteiger partial charge in [0.2, 0.25) is 0 Å². The maximum atomic E-state index is 3.04. The van der Waals surface area contributed by atoms with Crippen LogP contribution in [0.1, 0.15) is 522 Å². The molecular formula is C116H218. The van der Waals surface area contributed by atoms with Crippen molar-refractivity contribution >= 4 is 0 Å². The fourth-order valence-electron chi connectivity index (χ4n) is 37.4. The smallest absolute Gasteiger partial charge is 0.0233 e. The second-order valence-electron chi connectivity index (χ2n) is 59.7. The molecule has 0 heteroatoms. The summed E-state index contributed by atoms with van der Waals surface area (Å²) >= 11 is 0. The maximum Gasteiger partial charge on any atom is -0.0233 e. The molecular weight excluding hydrogens is 1390 g/mol. The Morgan fingerprint density at radius 1 is 0.181 bits per heavy atom. The normalized spacial score (nSPS) is 52.8. The molecule has 116 heavy (non-hydrogen) atoms. The van der Waals surface area contributed by atoms with Crippen LogP contribution in [0.4, 0.5) is 0 Å². The lowest BCUT2D eigenvalue weighted by molar-refractivity contribution is -0.261. The summed E-state index contributed by atoms with van der Waals surface area (Å²) in [4.78, 5) is 0. The summed E-state index contributed by atoms with van der Waals surface area (Å²) < 4.78 is 0. The Bertz CT molecular complexity index is 3490. The molecule has 8 aliphatic rings. The van der Waals surface area contributed by atoms with Crippen LogP contribution in [0.2, 0.25) is 0 Å². The maximum absolute atomic E-state index is 3.04. The van der Waals surface area contributed by atoms with E-state index in [0.717, 1.165) is 5.92 Å². The van der Waals surface area contributed by atoms with Gasteiger partial charge in [0.15, 0.2) is 0 Å². The van der Waals surface area contributed by atoms with Crippen LogP contribution >= 0.6 is 0 Å². The topological polar surface area (TPSA) is 0 Å². The third-order valence-electron chi connectivity index (χ3n) is 55.4. The molecule has 0 aromatic carbocycles. The number of hydrogen-bond acceptors (Lipinski definition) is 0. The minimum Gasteiger partial charge on any atom is -0.0649 e. The molecule has 0 bridgehead atoms. The van der Waals surface area contributed by atoms with Crippen molar-refractivity contribution in [3.8, 4) is 0 Å². The van der Waals surface area contributed by atoms with Crippen LogP contribution in [0.25, 0.3) is 0 Å². The molecule has 16 unspecified atom stereocenters. The van der Waals surface area contributed by atoms with Gasteiger partial charge in [-0.3, -0.25) is 0 Å². The molecule has 8 aliphatic carbocycles. The molecule has 0 amide bonds. The fourth-order valence-corrected chi connectivity index (χ4v) is 37.4. The van der Waals surface area contributed by atoms with Crippen LogP contribution in [-0.2, 0) is 0 Å². The van der Waals surface area contributed by atoms with E-state index in [9.17, 15) is 0 Å². The van der Waals surface area contributed by atoms with Crippen molar-refractivity contribution < 1.29 is 0 Å². The molecule has 0 heterocycles. The zero-order valence-corrected chi connectivity index (χ0v) is 90.5. The van der Waals surface area contributed by atoms with Crippen molar-refractivity contribution in [3.05, 3.63) is 0 Å². The average Bonchev–Trinajstić information content (AvgIpc) is 0.758. The first-order valence-corrected chi connectivity index (χ1v) is 51.2. The van der Waals surface area contributed by atoms with Crippen molar-refractivity contribution in [2.45, 2.75) is 522 Å². The van der Waals surface area contributed by atoms with Gasteiger partial charge in [-0.15, -0.1) is 0 Å². The molecule has 0 saturated heterocycles. The zero-order chi connectivity index (χ0) is 90.5. The van der Waals surface area contributed by atoms with Crippen molar-refractivity contribution in [1.29, 1.82) is 0 Å². The Kier molecular flexibility index (Phi) is 25.4. The molecule has 0 N–H and O–H groups in total. The van der Waals surface area contributed by atoms with E-state index in [4.69, 9.17) is 0 Å². The van der Waals surface area contributed by atoms with Gasteiger partial charge in [-0.25, -0.2) is 0 Å². The molecule has 0 spiro atoms. The Hall–Kier alpha value is 0. The first-order chi connectivity index (χ1) is 51.2. The van der Waals surface area contributed by atoms with E-state index in [0.29, 0.717) is 74.9 Å². The van der Waals surface area contributed by atoms with E-state index < -0.39 is 0 Å². The van der Waals surface area contributed by atoms with E-state index in [-0.39, 0.29) is 135 Å². The van der Waals surface area contributed by atoms with Gasteiger partial charge in [-0.1, -0.05) is 400 Å². The predicted molar refractivity (Wildman–Crippen MR) is 518 cm³/mol. The molecule has 0 aromatic heterocycles. The highest BCUT2D eigenvalue weighted by Crippen LogP contribution is 2.83. The summed E-state index contributed by atoms with van der Waals surface area (Å²) in [6.07, 6.45) is 30.3. The summed E-state index contributed by atoms with van der Waals surface area (Å²) in [6.45, 7) is 150. The third kappa shape index (κ3) is 13.4. The summed E-state index contributed by atoms with van der Waals surface area (Å²) in [5, 5.41) is 0. The van der Waals surface area contributed by atoms with E-state index in [1.165, 1.54) is 148 Å². The minimum absolute atomic E-state index is 0.0299.